The van der Waals surface area contributed by atoms with Gasteiger partial charge >= 0.3 is 5.97 Å². The number of nitrogens with one attached hydrogen (secondary N) is 1. The highest BCUT2D eigenvalue weighted by atomic mass is 35.5. The van der Waals surface area contributed by atoms with E-state index in [2.05, 4.69) is 10.1 Å². The largest absolute Gasteiger partial charge is 0.463 e. The highest BCUT2D eigenvalue weighted by Crippen LogP contribution is 2.16. The zero-order chi connectivity index (χ0) is 16.8. The average Bonchev–Trinajstić information content (AvgIpc) is 2.94. The molecule has 23 heavy (non-hydrogen) atoms. The number of nitrogens with zero attached hydrogens (tertiary/aromatic N) is 1. The van der Waals surface area contributed by atoms with Crippen LogP contribution in [-0.2, 0) is 16.1 Å². The van der Waals surface area contributed by atoms with E-state index >= 15 is 0 Å². The van der Waals surface area contributed by atoms with Crippen molar-refractivity contribution < 1.29 is 18.7 Å². The van der Waals surface area contributed by atoms with E-state index in [1.807, 2.05) is 0 Å². The molecule has 122 valence electrons. The van der Waals surface area contributed by atoms with Crippen LogP contribution >= 0.6 is 11.6 Å². The molecule has 0 fully saturated rings. The standard InChI is InChI=1S/C16H17ClN2O4/c1-19(9-11-6-7-23-15(11)16(21)22-2)10-14(20)18-13-5-3-4-12(17)8-13/h3-8H,9-10H2,1-2H3,(H,18,20). The Morgan fingerprint density at radius 1 is 1.35 bits per heavy atom. The Morgan fingerprint density at radius 3 is 2.83 bits per heavy atom. The van der Waals surface area contributed by atoms with E-state index in [1.165, 1.54) is 13.4 Å². The fourth-order valence-corrected chi connectivity index (χ4v) is 2.28. The third-order valence-corrected chi connectivity index (χ3v) is 3.31. The Morgan fingerprint density at radius 2 is 2.13 bits per heavy atom. The molecule has 0 bridgehead atoms. The van der Waals surface area contributed by atoms with Crippen molar-refractivity contribution in [3.8, 4) is 0 Å². The van der Waals surface area contributed by atoms with Gasteiger partial charge in [-0.05, 0) is 31.3 Å². The van der Waals surface area contributed by atoms with Gasteiger partial charge in [0.25, 0.3) is 0 Å². The summed E-state index contributed by atoms with van der Waals surface area (Å²) in [5.41, 5.74) is 1.30. The first-order valence-corrected chi connectivity index (χ1v) is 7.26. The summed E-state index contributed by atoms with van der Waals surface area (Å²) in [6.45, 7) is 0.530. The molecule has 0 saturated heterocycles. The highest BCUT2D eigenvalue weighted by molar-refractivity contribution is 6.30. The van der Waals surface area contributed by atoms with Crippen molar-refractivity contribution in [2.75, 3.05) is 26.0 Å². The molecule has 6 nitrogen and oxygen atoms in total. The Labute approximate surface area is 139 Å². The summed E-state index contributed by atoms with van der Waals surface area (Å²) >= 11 is 5.87. The Balaban J connectivity index is 1.92. The Hall–Kier alpha value is -2.31. The molecule has 0 radical (unpaired) electrons. The van der Waals surface area contributed by atoms with Crippen LogP contribution in [0.5, 0.6) is 0 Å². The fraction of sp³-hybridized carbons (Fsp3) is 0.250. The lowest BCUT2D eigenvalue weighted by atomic mass is 10.2. The number of furan rings is 1. The number of carbonyl (C=O) groups is 2. The van der Waals surface area contributed by atoms with Gasteiger partial charge in [-0.25, -0.2) is 4.79 Å². The second-order valence-electron chi connectivity index (χ2n) is 5.00. The van der Waals surface area contributed by atoms with E-state index in [-0.39, 0.29) is 18.2 Å². The van der Waals surface area contributed by atoms with Crippen LogP contribution in [0.3, 0.4) is 0 Å². The summed E-state index contributed by atoms with van der Waals surface area (Å²) in [5, 5.41) is 3.31. The first-order valence-electron chi connectivity index (χ1n) is 6.88. The molecule has 0 atom stereocenters. The first-order chi connectivity index (χ1) is 11.0. The number of hydrogen-bond acceptors (Lipinski definition) is 5. The minimum atomic E-state index is -0.540. The molecule has 0 unspecified atom stereocenters. The number of benzene rings is 1. The minimum Gasteiger partial charge on any atom is -0.463 e. The molecule has 0 spiro atoms. The van der Waals surface area contributed by atoms with Crippen molar-refractivity contribution >= 4 is 29.2 Å². The lowest BCUT2D eigenvalue weighted by molar-refractivity contribution is -0.117. The number of carbonyl (C=O) groups excluding carboxylic acids is 2. The van der Waals surface area contributed by atoms with Gasteiger partial charge in [-0.1, -0.05) is 17.7 Å². The normalized spacial score (nSPS) is 10.6. The topological polar surface area (TPSA) is 71.8 Å². The number of methoxy groups -OCH3 is 1. The van der Waals surface area contributed by atoms with Crippen molar-refractivity contribution in [2.45, 2.75) is 6.54 Å². The summed E-state index contributed by atoms with van der Waals surface area (Å²) in [6.07, 6.45) is 1.42. The van der Waals surface area contributed by atoms with E-state index in [1.54, 1.807) is 42.3 Å². The zero-order valence-corrected chi connectivity index (χ0v) is 13.6. The average molecular weight is 337 g/mol. The van der Waals surface area contributed by atoms with Crippen molar-refractivity contribution in [1.29, 1.82) is 0 Å². The third-order valence-electron chi connectivity index (χ3n) is 3.08. The molecule has 1 aromatic heterocycles. The second kappa shape index (κ2) is 7.80. The number of likely N-dealkylation sites (N-methyl/N-ethyl adjacent to an activating group) is 1. The van der Waals surface area contributed by atoms with Crippen LogP contribution in [0.4, 0.5) is 5.69 Å². The van der Waals surface area contributed by atoms with E-state index in [4.69, 9.17) is 16.0 Å². The van der Waals surface area contributed by atoms with E-state index < -0.39 is 5.97 Å². The number of ether oxygens (including phenoxy) is 1. The summed E-state index contributed by atoms with van der Waals surface area (Å²) in [6, 6.07) is 8.60. The number of anilines is 1. The summed E-state index contributed by atoms with van der Waals surface area (Å²) < 4.78 is 9.76. The minimum absolute atomic E-state index is 0.148. The smallest absolute Gasteiger partial charge is 0.374 e. The molecule has 2 rings (SSSR count). The van der Waals surface area contributed by atoms with Crippen molar-refractivity contribution in [1.82, 2.24) is 4.90 Å². The van der Waals surface area contributed by atoms with Gasteiger partial charge in [-0.3, -0.25) is 9.69 Å². The highest BCUT2D eigenvalue weighted by Gasteiger charge is 2.17. The van der Waals surface area contributed by atoms with Gasteiger partial charge in [-0.2, -0.15) is 0 Å². The van der Waals surface area contributed by atoms with Crippen LogP contribution in [0.25, 0.3) is 0 Å². The summed E-state index contributed by atoms with van der Waals surface area (Å²) in [4.78, 5) is 25.3. The number of halogens is 1. The van der Waals surface area contributed by atoms with Crippen LogP contribution in [0.2, 0.25) is 5.02 Å². The van der Waals surface area contributed by atoms with Gasteiger partial charge in [0, 0.05) is 22.8 Å². The number of amides is 1. The molecule has 0 aliphatic rings. The van der Waals surface area contributed by atoms with Gasteiger partial charge in [-0.15, -0.1) is 0 Å². The lowest BCUT2D eigenvalue weighted by Crippen LogP contribution is -2.30. The quantitative estimate of drug-likeness (QED) is 0.821. The predicted molar refractivity (Wildman–Crippen MR) is 86.5 cm³/mol. The van der Waals surface area contributed by atoms with Crippen molar-refractivity contribution in [2.24, 2.45) is 0 Å². The van der Waals surface area contributed by atoms with Crippen LogP contribution in [0.1, 0.15) is 16.1 Å². The third kappa shape index (κ3) is 4.84. The molecule has 1 N–H and O–H groups in total. The van der Waals surface area contributed by atoms with Gasteiger partial charge in [0.1, 0.15) is 0 Å². The first kappa shape index (κ1) is 17.1. The van der Waals surface area contributed by atoms with Gasteiger partial charge in [0.05, 0.1) is 19.9 Å². The monoisotopic (exact) mass is 336 g/mol. The Bertz CT molecular complexity index is 699. The molecular weight excluding hydrogens is 320 g/mol. The molecule has 0 aliphatic carbocycles. The second-order valence-corrected chi connectivity index (χ2v) is 5.43. The summed E-state index contributed by atoms with van der Waals surface area (Å²) in [7, 11) is 3.06. The van der Waals surface area contributed by atoms with E-state index in [9.17, 15) is 9.59 Å². The van der Waals surface area contributed by atoms with E-state index in [0.717, 1.165) is 0 Å². The van der Waals surface area contributed by atoms with Crippen LogP contribution in [0.15, 0.2) is 41.0 Å². The van der Waals surface area contributed by atoms with Crippen molar-refractivity contribution in [3.63, 3.8) is 0 Å². The number of hydrogen-bond donors (Lipinski definition) is 1. The van der Waals surface area contributed by atoms with Crippen molar-refractivity contribution in [3.05, 3.63) is 52.9 Å². The molecule has 1 aromatic carbocycles. The number of esters is 1. The van der Waals surface area contributed by atoms with Crippen LogP contribution in [-0.4, -0.2) is 37.5 Å². The maximum absolute atomic E-state index is 12.0. The van der Waals surface area contributed by atoms with E-state index in [0.29, 0.717) is 22.8 Å². The predicted octanol–water partition coefficient (Wildman–Crippen LogP) is 2.79. The molecule has 1 heterocycles. The molecule has 2 aromatic rings. The number of rotatable bonds is 6. The summed E-state index contributed by atoms with van der Waals surface area (Å²) in [5.74, 6) is -0.575. The SMILES string of the molecule is COC(=O)c1occc1CN(C)CC(=O)Nc1cccc(Cl)c1. The maximum Gasteiger partial charge on any atom is 0.374 e. The fourth-order valence-electron chi connectivity index (χ4n) is 2.09. The zero-order valence-electron chi connectivity index (χ0n) is 12.8. The lowest BCUT2D eigenvalue weighted by Gasteiger charge is -2.16. The van der Waals surface area contributed by atoms with Gasteiger partial charge < -0.3 is 14.5 Å². The molecule has 1 amide bonds. The molecule has 0 saturated carbocycles. The maximum atomic E-state index is 12.0. The molecule has 0 aliphatic heterocycles. The molecule has 7 heteroatoms. The van der Waals surface area contributed by atoms with Gasteiger partial charge in [0.2, 0.25) is 11.7 Å². The van der Waals surface area contributed by atoms with Gasteiger partial charge in [0.15, 0.2) is 0 Å². The van der Waals surface area contributed by atoms with Crippen LogP contribution < -0.4 is 5.32 Å². The Kier molecular flexibility index (Phi) is 5.78. The van der Waals surface area contributed by atoms with Crippen LogP contribution in [0, 0.1) is 0 Å². The molecular formula is C16H17ClN2O4.